The minimum Gasteiger partial charge on any atom is -0.491 e. The predicted octanol–water partition coefficient (Wildman–Crippen LogP) is 2.42. The van der Waals surface area contributed by atoms with Gasteiger partial charge in [0.05, 0.1) is 18.0 Å². The van der Waals surface area contributed by atoms with Crippen molar-refractivity contribution in [2.75, 3.05) is 44.1 Å². The van der Waals surface area contributed by atoms with Crippen LogP contribution >= 0.6 is 0 Å². The van der Waals surface area contributed by atoms with Gasteiger partial charge in [0, 0.05) is 39.2 Å². The second-order valence-corrected chi connectivity index (χ2v) is 6.62. The van der Waals surface area contributed by atoms with Gasteiger partial charge in [-0.05, 0) is 35.9 Å². The highest BCUT2D eigenvalue weighted by atomic mass is 16.5. The molecule has 1 heterocycles. The van der Waals surface area contributed by atoms with Crippen LogP contribution in [-0.4, -0.2) is 45.7 Å². The van der Waals surface area contributed by atoms with Crippen LogP contribution in [0.3, 0.4) is 0 Å². The first kappa shape index (κ1) is 19.7. The van der Waals surface area contributed by atoms with Gasteiger partial charge in [0.2, 0.25) is 5.91 Å². The fourth-order valence-electron chi connectivity index (χ4n) is 2.94. The Bertz CT molecular complexity index is 836. The Balaban J connectivity index is 1.60. The summed E-state index contributed by atoms with van der Waals surface area (Å²) in [5.74, 6) is 0.526. The van der Waals surface area contributed by atoms with Crippen LogP contribution in [0.25, 0.3) is 0 Å². The van der Waals surface area contributed by atoms with Crippen LogP contribution < -0.4 is 20.3 Å². The van der Waals surface area contributed by atoms with Crippen LogP contribution in [0.5, 0.6) is 5.75 Å². The van der Waals surface area contributed by atoms with Crippen molar-refractivity contribution in [2.24, 2.45) is 0 Å². The third-order valence-corrected chi connectivity index (χ3v) is 4.55. The van der Waals surface area contributed by atoms with Gasteiger partial charge in [0.25, 0.3) is 5.91 Å². The monoisotopic (exact) mass is 383 g/mol. The zero-order valence-electron chi connectivity index (χ0n) is 16.2. The summed E-state index contributed by atoms with van der Waals surface area (Å²) in [5, 5.41) is 5.77. The molecular weight excluding hydrogens is 358 g/mol. The van der Waals surface area contributed by atoms with E-state index in [1.54, 1.807) is 19.2 Å². The number of amides is 2. The molecule has 0 unspecified atom stereocenters. The maximum absolute atomic E-state index is 12.5. The Morgan fingerprint density at radius 1 is 1.18 bits per heavy atom. The average molecular weight is 383 g/mol. The predicted molar refractivity (Wildman–Crippen MR) is 108 cm³/mol. The SMILES string of the molecule is COCCOc1ccc(CNC(=O)c2ccc3c(c2)NC(=O)CCN3C)cc1. The fraction of sp³-hybridized carbons (Fsp3) is 0.333. The van der Waals surface area contributed by atoms with E-state index in [2.05, 4.69) is 10.6 Å². The molecule has 7 heteroatoms. The molecule has 2 aromatic carbocycles. The summed E-state index contributed by atoms with van der Waals surface area (Å²) in [6, 6.07) is 12.9. The highest BCUT2D eigenvalue weighted by Crippen LogP contribution is 2.28. The summed E-state index contributed by atoms with van der Waals surface area (Å²) < 4.78 is 10.5. The molecule has 1 aliphatic heterocycles. The summed E-state index contributed by atoms with van der Waals surface area (Å²) in [6.07, 6.45) is 0.428. The number of benzene rings is 2. The summed E-state index contributed by atoms with van der Waals surface area (Å²) in [5.41, 5.74) is 3.05. The smallest absolute Gasteiger partial charge is 0.251 e. The van der Waals surface area contributed by atoms with E-state index in [1.165, 1.54) is 0 Å². The van der Waals surface area contributed by atoms with E-state index in [0.717, 1.165) is 17.0 Å². The topological polar surface area (TPSA) is 79.9 Å². The van der Waals surface area contributed by atoms with Gasteiger partial charge >= 0.3 is 0 Å². The van der Waals surface area contributed by atoms with Crippen molar-refractivity contribution in [2.45, 2.75) is 13.0 Å². The van der Waals surface area contributed by atoms with Crippen LogP contribution in [0.15, 0.2) is 42.5 Å². The molecule has 28 heavy (non-hydrogen) atoms. The lowest BCUT2D eigenvalue weighted by Crippen LogP contribution is -2.23. The Morgan fingerprint density at radius 3 is 2.71 bits per heavy atom. The van der Waals surface area contributed by atoms with Gasteiger partial charge in [-0.25, -0.2) is 0 Å². The number of carbonyl (C=O) groups is 2. The van der Waals surface area contributed by atoms with E-state index in [4.69, 9.17) is 9.47 Å². The molecule has 7 nitrogen and oxygen atoms in total. The first-order valence-electron chi connectivity index (χ1n) is 9.21. The van der Waals surface area contributed by atoms with Crippen LogP contribution in [0, 0.1) is 0 Å². The van der Waals surface area contributed by atoms with Crippen LogP contribution in [0.4, 0.5) is 11.4 Å². The number of nitrogens with one attached hydrogen (secondary N) is 2. The second kappa shape index (κ2) is 9.23. The third kappa shape index (κ3) is 5.01. The largest absolute Gasteiger partial charge is 0.491 e. The lowest BCUT2D eigenvalue weighted by molar-refractivity contribution is -0.115. The highest BCUT2D eigenvalue weighted by molar-refractivity contribution is 6.00. The van der Waals surface area contributed by atoms with E-state index >= 15 is 0 Å². The molecule has 0 radical (unpaired) electrons. The first-order valence-corrected chi connectivity index (χ1v) is 9.21. The van der Waals surface area contributed by atoms with Gasteiger partial charge in [0.1, 0.15) is 12.4 Å². The molecule has 0 atom stereocenters. The van der Waals surface area contributed by atoms with E-state index < -0.39 is 0 Å². The molecule has 0 fully saturated rings. The van der Waals surface area contributed by atoms with E-state index in [-0.39, 0.29) is 11.8 Å². The van der Waals surface area contributed by atoms with Gasteiger partial charge in [-0.1, -0.05) is 12.1 Å². The van der Waals surface area contributed by atoms with Crippen molar-refractivity contribution in [3.8, 4) is 5.75 Å². The minimum atomic E-state index is -0.190. The lowest BCUT2D eigenvalue weighted by atomic mass is 10.1. The molecule has 2 amide bonds. The molecule has 0 aliphatic carbocycles. The molecule has 3 rings (SSSR count). The summed E-state index contributed by atoms with van der Waals surface area (Å²) in [4.78, 5) is 26.4. The molecule has 0 saturated heterocycles. The minimum absolute atomic E-state index is 0.0454. The van der Waals surface area contributed by atoms with Crippen molar-refractivity contribution in [1.29, 1.82) is 0 Å². The first-order chi connectivity index (χ1) is 13.6. The molecule has 0 bridgehead atoms. The van der Waals surface area contributed by atoms with Gasteiger partial charge in [0.15, 0.2) is 0 Å². The van der Waals surface area contributed by atoms with Crippen LogP contribution in [-0.2, 0) is 16.1 Å². The number of carbonyl (C=O) groups excluding carboxylic acids is 2. The van der Waals surface area contributed by atoms with Crippen LogP contribution in [0.1, 0.15) is 22.3 Å². The van der Waals surface area contributed by atoms with Gasteiger partial charge in [-0.15, -0.1) is 0 Å². The maximum Gasteiger partial charge on any atom is 0.251 e. The van der Waals surface area contributed by atoms with Crippen molar-refractivity contribution in [1.82, 2.24) is 5.32 Å². The molecule has 1 aliphatic rings. The molecule has 0 saturated carbocycles. The Morgan fingerprint density at radius 2 is 1.96 bits per heavy atom. The number of nitrogens with zero attached hydrogens (tertiary/aromatic N) is 1. The van der Waals surface area contributed by atoms with Gasteiger partial charge in [-0.2, -0.15) is 0 Å². The molecule has 2 N–H and O–H groups in total. The number of hydrogen-bond donors (Lipinski definition) is 2. The van der Waals surface area contributed by atoms with Gasteiger partial charge < -0.3 is 25.0 Å². The number of rotatable bonds is 7. The summed E-state index contributed by atoms with van der Waals surface area (Å²) in [6.45, 7) is 2.08. The number of anilines is 2. The summed E-state index contributed by atoms with van der Waals surface area (Å²) in [7, 11) is 3.56. The maximum atomic E-state index is 12.5. The van der Waals surface area contributed by atoms with E-state index in [1.807, 2.05) is 42.3 Å². The highest BCUT2D eigenvalue weighted by Gasteiger charge is 2.18. The van der Waals surface area contributed by atoms with Gasteiger partial charge in [-0.3, -0.25) is 9.59 Å². The number of ether oxygens (including phenoxy) is 2. The number of fused-ring (bicyclic) bond motifs is 1. The molecular formula is C21H25N3O4. The van der Waals surface area contributed by atoms with Crippen molar-refractivity contribution < 1.29 is 19.1 Å². The van der Waals surface area contributed by atoms with Crippen molar-refractivity contribution in [3.63, 3.8) is 0 Å². The van der Waals surface area contributed by atoms with Crippen molar-refractivity contribution >= 4 is 23.2 Å². The Kier molecular flexibility index (Phi) is 6.49. The third-order valence-electron chi connectivity index (χ3n) is 4.55. The standard InChI is InChI=1S/C21H25N3O4/c1-24-10-9-20(25)23-18-13-16(5-8-19(18)24)21(26)22-14-15-3-6-17(7-4-15)28-12-11-27-2/h3-8,13H,9-12,14H2,1-2H3,(H,22,26)(H,23,25). The van der Waals surface area contributed by atoms with E-state index in [0.29, 0.717) is 44.0 Å². The van der Waals surface area contributed by atoms with Crippen LogP contribution in [0.2, 0.25) is 0 Å². The zero-order chi connectivity index (χ0) is 19.9. The number of hydrogen-bond acceptors (Lipinski definition) is 5. The normalized spacial score (nSPS) is 13.4. The quantitative estimate of drug-likeness (QED) is 0.718. The average Bonchev–Trinajstić information content (AvgIpc) is 2.85. The molecule has 2 aromatic rings. The fourth-order valence-corrected chi connectivity index (χ4v) is 2.94. The molecule has 0 spiro atoms. The second-order valence-electron chi connectivity index (χ2n) is 6.62. The molecule has 0 aromatic heterocycles. The lowest BCUT2D eigenvalue weighted by Gasteiger charge is -2.18. The van der Waals surface area contributed by atoms with Crippen molar-refractivity contribution in [3.05, 3.63) is 53.6 Å². The number of methoxy groups -OCH3 is 1. The Hall–Kier alpha value is -3.06. The summed E-state index contributed by atoms with van der Waals surface area (Å²) >= 11 is 0. The zero-order valence-corrected chi connectivity index (χ0v) is 16.2. The Labute approximate surface area is 164 Å². The van der Waals surface area contributed by atoms with E-state index in [9.17, 15) is 9.59 Å². The molecule has 148 valence electrons.